The minimum absolute atomic E-state index is 0.0636. The van der Waals surface area contributed by atoms with Crippen molar-refractivity contribution in [2.75, 3.05) is 32.8 Å². The second-order valence-electron chi connectivity index (χ2n) is 6.26. The van der Waals surface area contributed by atoms with Crippen molar-refractivity contribution in [1.29, 1.82) is 0 Å². The Kier molecular flexibility index (Phi) is 8.00. The predicted molar refractivity (Wildman–Crippen MR) is 83.0 cm³/mol. The molecular formula is C15H31N3O3. The van der Waals surface area contributed by atoms with E-state index in [1.807, 2.05) is 13.8 Å². The number of nitrogens with one attached hydrogen (secondary N) is 1. The normalized spacial score (nSPS) is 24.9. The topological polar surface area (TPSA) is 87.8 Å². The largest absolute Gasteiger partial charge is 0.450 e. The first kappa shape index (κ1) is 18.2. The van der Waals surface area contributed by atoms with Crippen LogP contribution in [-0.4, -0.2) is 61.0 Å². The van der Waals surface area contributed by atoms with E-state index in [1.54, 1.807) is 6.92 Å². The summed E-state index contributed by atoms with van der Waals surface area (Å²) < 4.78 is 4.95. The maximum atomic E-state index is 11.6. The van der Waals surface area contributed by atoms with E-state index in [9.17, 15) is 9.90 Å². The van der Waals surface area contributed by atoms with E-state index >= 15 is 0 Å². The SMILES string of the molecule is CCOC(=O)NC1CC(CC(O)C(C)C)CN(CCN)C1. The van der Waals surface area contributed by atoms with Gasteiger partial charge in [0.1, 0.15) is 0 Å². The number of rotatable bonds is 7. The van der Waals surface area contributed by atoms with E-state index in [-0.39, 0.29) is 24.2 Å². The Morgan fingerprint density at radius 1 is 1.48 bits per heavy atom. The zero-order chi connectivity index (χ0) is 15.8. The molecule has 1 saturated heterocycles. The molecule has 0 aromatic carbocycles. The number of likely N-dealkylation sites (tertiary alicyclic amines) is 1. The number of hydrogen-bond acceptors (Lipinski definition) is 5. The molecule has 0 aliphatic carbocycles. The molecule has 6 nitrogen and oxygen atoms in total. The van der Waals surface area contributed by atoms with Gasteiger partial charge in [-0.15, -0.1) is 0 Å². The molecule has 1 aliphatic heterocycles. The summed E-state index contributed by atoms with van der Waals surface area (Å²) in [5.74, 6) is 0.626. The molecule has 1 fully saturated rings. The molecule has 0 spiro atoms. The van der Waals surface area contributed by atoms with Crippen LogP contribution in [0.15, 0.2) is 0 Å². The molecule has 6 heteroatoms. The number of aliphatic hydroxyl groups is 1. The fourth-order valence-corrected chi connectivity index (χ4v) is 2.90. The Hall–Kier alpha value is -0.850. The Balaban J connectivity index is 2.57. The molecule has 1 aliphatic rings. The first-order valence-electron chi connectivity index (χ1n) is 8.00. The summed E-state index contributed by atoms with van der Waals surface area (Å²) in [5, 5.41) is 13.0. The Morgan fingerprint density at radius 2 is 2.19 bits per heavy atom. The minimum atomic E-state index is -0.361. The number of amides is 1. The highest BCUT2D eigenvalue weighted by atomic mass is 16.5. The van der Waals surface area contributed by atoms with Gasteiger partial charge in [0.25, 0.3) is 0 Å². The summed E-state index contributed by atoms with van der Waals surface area (Å²) >= 11 is 0. The van der Waals surface area contributed by atoms with Gasteiger partial charge in [-0.3, -0.25) is 4.90 Å². The molecule has 124 valence electrons. The van der Waals surface area contributed by atoms with Crippen LogP contribution < -0.4 is 11.1 Å². The predicted octanol–water partition coefficient (Wildman–Crippen LogP) is 0.789. The standard InChI is InChI=1S/C15H31N3O3/c1-4-21-15(20)17-13-7-12(8-14(19)11(2)3)9-18(10-13)6-5-16/h11-14,19H,4-10,16H2,1-3H3,(H,17,20). The number of alkyl carbamates (subject to hydrolysis) is 1. The number of piperidine rings is 1. The third-order valence-corrected chi connectivity index (χ3v) is 4.00. The number of ether oxygens (including phenoxy) is 1. The van der Waals surface area contributed by atoms with Gasteiger partial charge in [-0.25, -0.2) is 4.79 Å². The third-order valence-electron chi connectivity index (χ3n) is 4.00. The Morgan fingerprint density at radius 3 is 2.76 bits per heavy atom. The average molecular weight is 301 g/mol. The van der Waals surface area contributed by atoms with E-state index in [2.05, 4.69) is 10.2 Å². The Bertz CT molecular complexity index is 313. The minimum Gasteiger partial charge on any atom is -0.450 e. The molecule has 4 N–H and O–H groups in total. The van der Waals surface area contributed by atoms with Crippen LogP contribution in [0.5, 0.6) is 0 Å². The first-order valence-corrected chi connectivity index (χ1v) is 8.00. The molecule has 0 bridgehead atoms. The lowest BCUT2D eigenvalue weighted by Gasteiger charge is -2.38. The van der Waals surface area contributed by atoms with E-state index in [0.29, 0.717) is 19.1 Å². The second-order valence-corrected chi connectivity index (χ2v) is 6.26. The molecule has 1 amide bonds. The number of aliphatic hydroxyl groups excluding tert-OH is 1. The molecule has 0 aromatic heterocycles. The summed E-state index contributed by atoms with van der Waals surface area (Å²) in [7, 11) is 0. The van der Waals surface area contributed by atoms with E-state index < -0.39 is 0 Å². The molecular weight excluding hydrogens is 270 g/mol. The van der Waals surface area contributed by atoms with E-state index in [0.717, 1.165) is 32.5 Å². The number of nitrogens with zero attached hydrogens (tertiary/aromatic N) is 1. The van der Waals surface area contributed by atoms with Gasteiger partial charge in [0.05, 0.1) is 12.7 Å². The average Bonchev–Trinajstić information content (AvgIpc) is 2.38. The van der Waals surface area contributed by atoms with E-state index in [4.69, 9.17) is 10.5 Å². The third kappa shape index (κ3) is 6.63. The zero-order valence-electron chi connectivity index (χ0n) is 13.5. The van der Waals surface area contributed by atoms with Gasteiger partial charge >= 0.3 is 6.09 Å². The molecule has 0 aromatic rings. The van der Waals surface area contributed by atoms with Crippen LogP contribution in [0.2, 0.25) is 0 Å². The van der Waals surface area contributed by atoms with Crippen molar-refractivity contribution in [2.24, 2.45) is 17.6 Å². The van der Waals surface area contributed by atoms with Gasteiger partial charge in [-0.05, 0) is 31.6 Å². The van der Waals surface area contributed by atoms with Crippen LogP contribution in [0, 0.1) is 11.8 Å². The van der Waals surface area contributed by atoms with Crippen molar-refractivity contribution in [3.8, 4) is 0 Å². The van der Waals surface area contributed by atoms with Gasteiger partial charge in [0.2, 0.25) is 0 Å². The molecule has 1 heterocycles. The number of nitrogens with two attached hydrogens (primary N) is 1. The molecule has 1 rings (SSSR count). The van der Waals surface area contributed by atoms with Crippen LogP contribution in [0.25, 0.3) is 0 Å². The highest BCUT2D eigenvalue weighted by Crippen LogP contribution is 2.23. The Labute approximate surface area is 128 Å². The van der Waals surface area contributed by atoms with Gasteiger partial charge in [-0.1, -0.05) is 13.8 Å². The monoisotopic (exact) mass is 301 g/mol. The number of hydrogen-bond donors (Lipinski definition) is 3. The maximum Gasteiger partial charge on any atom is 0.407 e. The van der Waals surface area contributed by atoms with Crippen molar-refractivity contribution in [3.63, 3.8) is 0 Å². The second kappa shape index (κ2) is 9.23. The first-order chi connectivity index (χ1) is 9.96. The zero-order valence-corrected chi connectivity index (χ0v) is 13.5. The van der Waals surface area contributed by atoms with Crippen molar-refractivity contribution < 1.29 is 14.6 Å². The summed E-state index contributed by atoms with van der Waals surface area (Å²) in [6, 6.07) is 0.0636. The summed E-state index contributed by atoms with van der Waals surface area (Å²) in [6.45, 7) is 9.37. The number of carbonyl (C=O) groups is 1. The molecule has 3 unspecified atom stereocenters. The molecule has 0 radical (unpaired) electrons. The summed E-state index contributed by atoms with van der Waals surface area (Å²) in [6.07, 6.45) is 0.986. The van der Waals surface area contributed by atoms with Crippen LogP contribution in [0.4, 0.5) is 4.79 Å². The lowest BCUT2D eigenvalue weighted by molar-refractivity contribution is 0.0611. The highest BCUT2D eigenvalue weighted by Gasteiger charge is 2.30. The molecule has 3 atom stereocenters. The van der Waals surface area contributed by atoms with Crippen LogP contribution in [-0.2, 0) is 4.74 Å². The molecule has 0 saturated carbocycles. The van der Waals surface area contributed by atoms with Gasteiger partial charge in [0.15, 0.2) is 0 Å². The lowest BCUT2D eigenvalue weighted by Crippen LogP contribution is -2.52. The molecule has 21 heavy (non-hydrogen) atoms. The quantitative estimate of drug-likeness (QED) is 0.647. The van der Waals surface area contributed by atoms with E-state index in [1.165, 1.54) is 0 Å². The lowest BCUT2D eigenvalue weighted by atomic mass is 9.87. The van der Waals surface area contributed by atoms with Crippen LogP contribution >= 0.6 is 0 Å². The van der Waals surface area contributed by atoms with Crippen molar-refractivity contribution in [2.45, 2.75) is 45.8 Å². The summed E-state index contributed by atoms with van der Waals surface area (Å²) in [5.41, 5.74) is 5.65. The van der Waals surface area contributed by atoms with Crippen molar-refractivity contribution in [1.82, 2.24) is 10.2 Å². The van der Waals surface area contributed by atoms with Crippen molar-refractivity contribution in [3.05, 3.63) is 0 Å². The van der Waals surface area contributed by atoms with Crippen LogP contribution in [0.3, 0.4) is 0 Å². The maximum absolute atomic E-state index is 11.6. The fourth-order valence-electron chi connectivity index (χ4n) is 2.90. The number of carbonyl (C=O) groups excluding carboxylic acids is 1. The van der Waals surface area contributed by atoms with Gasteiger partial charge < -0.3 is 20.9 Å². The highest BCUT2D eigenvalue weighted by molar-refractivity contribution is 5.67. The smallest absolute Gasteiger partial charge is 0.407 e. The van der Waals surface area contributed by atoms with Gasteiger partial charge in [-0.2, -0.15) is 0 Å². The fraction of sp³-hybridized carbons (Fsp3) is 0.933. The van der Waals surface area contributed by atoms with Gasteiger partial charge in [0, 0.05) is 32.2 Å². The van der Waals surface area contributed by atoms with Crippen LogP contribution in [0.1, 0.15) is 33.6 Å². The van der Waals surface area contributed by atoms with Crippen molar-refractivity contribution >= 4 is 6.09 Å². The summed E-state index contributed by atoms with van der Waals surface area (Å²) in [4.78, 5) is 13.8.